The number of hydrogen-bond donors (Lipinski definition) is 1. The summed E-state index contributed by atoms with van der Waals surface area (Å²) in [5.74, 6) is 0. The zero-order valence-corrected chi connectivity index (χ0v) is 11.0. The maximum atomic E-state index is 10.9. The number of rotatable bonds is 3. The predicted molar refractivity (Wildman–Crippen MR) is 65.7 cm³/mol. The van der Waals surface area contributed by atoms with Crippen molar-refractivity contribution in [2.75, 3.05) is 0 Å². The Bertz CT molecular complexity index is 644. The smallest absolute Gasteiger partial charge is 0.282 e. The van der Waals surface area contributed by atoms with Crippen LogP contribution in [0.25, 0.3) is 0 Å². The van der Waals surface area contributed by atoms with Crippen LogP contribution in [-0.4, -0.2) is 17.5 Å². The molecule has 1 N–H and O–H groups in total. The Morgan fingerprint density at radius 3 is 2.33 bits per heavy atom. The van der Waals surface area contributed by atoms with E-state index in [-0.39, 0.29) is 10.9 Å². The van der Waals surface area contributed by atoms with Gasteiger partial charge in [0.15, 0.2) is 0 Å². The van der Waals surface area contributed by atoms with Crippen LogP contribution in [0.5, 0.6) is 0 Å². The Hall–Kier alpha value is -1.66. The molecule has 5 nitrogen and oxygen atoms in total. The first-order chi connectivity index (χ1) is 8.38. The van der Waals surface area contributed by atoms with E-state index in [1.54, 1.807) is 12.1 Å². The summed E-state index contributed by atoms with van der Waals surface area (Å²) in [6, 6.07) is 6.32. The molecular weight excluding hydrogens is 252 g/mol. The van der Waals surface area contributed by atoms with Crippen molar-refractivity contribution in [1.29, 1.82) is 0 Å². The van der Waals surface area contributed by atoms with E-state index in [9.17, 15) is 8.42 Å². The molecule has 1 aromatic heterocycles. The van der Waals surface area contributed by atoms with Crippen molar-refractivity contribution in [3.63, 3.8) is 0 Å². The first-order valence-electron chi connectivity index (χ1n) is 5.48. The molecule has 0 aliphatic rings. The second-order valence-electron chi connectivity index (χ2n) is 4.25. The summed E-state index contributed by atoms with van der Waals surface area (Å²) in [5, 5.41) is 0. The molecule has 0 saturated carbocycles. The van der Waals surface area contributed by atoms with Gasteiger partial charge in [0.25, 0.3) is 10.1 Å². The van der Waals surface area contributed by atoms with Crippen molar-refractivity contribution in [2.24, 2.45) is 7.05 Å². The highest BCUT2D eigenvalue weighted by atomic mass is 32.2. The van der Waals surface area contributed by atoms with Gasteiger partial charge in [-0.2, -0.15) is 8.42 Å². The number of nitrogens with zero attached hydrogens (tertiary/aromatic N) is 2. The van der Waals surface area contributed by atoms with E-state index in [2.05, 4.69) is 0 Å². The molecule has 0 aliphatic carbocycles. The van der Waals surface area contributed by atoms with Crippen LogP contribution in [0.3, 0.4) is 0 Å². The number of aryl methyl sites for hydroxylation is 1. The van der Waals surface area contributed by atoms with Crippen molar-refractivity contribution >= 4 is 10.1 Å². The summed E-state index contributed by atoms with van der Waals surface area (Å²) in [6.07, 6.45) is 5.83. The molecule has 96 valence electrons. The van der Waals surface area contributed by atoms with Gasteiger partial charge in [-0.05, 0) is 24.6 Å². The lowest BCUT2D eigenvalue weighted by molar-refractivity contribution is -0.671. The van der Waals surface area contributed by atoms with Crippen LogP contribution in [0, 0.1) is 0 Å². The standard InChI is InChI=1S/C12H14N2O3S/c1-10(14-8-7-13(2)9-14)11-3-5-12(6-4-11)18(15,16)17/h3-10H,1-2H3/p+1. The molecule has 2 rings (SSSR count). The maximum absolute atomic E-state index is 10.9. The third-order valence-corrected chi connectivity index (χ3v) is 3.76. The van der Waals surface area contributed by atoms with Crippen LogP contribution in [-0.2, 0) is 17.2 Å². The molecule has 18 heavy (non-hydrogen) atoms. The van der Waals surface area contributed by atoms with Crippen LogP contribution in [0.2, 0.25) is 0 Å². The lowest BCUT2D eigenvalue weighted by Crippen LogP contribution is -2.24. The summed E-state index contributed by atoms with van der Waals surface area (Å²) in [5.41, 5.74) is 0.971. The molecule has 0 aliphatic heterocycles. The maximum Gasteiger partial charge on any atom is 0.294 e. The Labute approximate surface area is 106 Å². The molecule has 0 amide bonds. The zero-order chi connectivity index (χ0) is 13.3. The van der Waals surface area contributed by atoms with Crippen LogP contribution in [0.1, 0.15) is 18.5 Å². The highest BCUT2D eigenvalue weighted by molar-refractivity contribution is 7.85. The molecule has 0 spiro atoms. The minimum absolute atomic E-state index is 0.0866. The Balaban J connectivity index is 2.30. The fourth-order valence-corrected chi connectivity index (χ4v) is 2.27. The van der Waals surface area contributed by atoms with Crippen molar-refractivity contribution in [3.8, 4) is 0 Å². The van der Waals surface area contributed by atoms with Gasteiger partial charge >= 0.3 is 0 Å². The third kappa shape index (κ3) is 2.60. The highest BCUT2D eigenvalue weighted by Gasteiger charge is 2.15. The second kappa shape index (κ2) is 4.55. The number of aromatic nitrogens is 2. The van der Waals surface area contributed by atoms with Gasteiger partial charge in [0, 0.05) is 0 Å². The SMILES string of the molecule is CC(c1ccc(S(=O)(=O)O)cc1)n1cc[n+](C)c1. The second-order valence-corrected chi connectivity index (χ2v) is 5.67. The first-order valence-corrected chi connectivity index (χ1v) is 6.92. The summed E-state index contributed by atoms with van der Waals surface area (Å²) in [6.45, 7) is 2.02. The minimum atomic E-state index is -4.12. The zero-order valence-electron chi connectivity index (χ0n) is 10.2. The molecule has 0 fully saturated rings. The van der Waals surface area contributed by atoms with Gasteiger partial charge in [0.2, 0.25) is 6.33 Å². The number of hydrogen-bond acceptors (Lipinski definition) is 2. The summed E-state index contributed by atoms with van der Waals surface area (Å²) >= 11 is 0. The van der Waals surface area contributed by atoms with E-state index in [0.29, 0.717) is 0 Å². The van der Waals surface area contributed by atoms with E-state index in [1.165, 1.54) is 12.1 Å². The Morgan fingerprint density at radius 2 is 1.89 bits per heavy atom. The van der Waals surface area contributed by atoms with Crippen LogP contribution in [0.4, 0.5) is 0 Å². The fourth-order valence-electron chi connectivity index (χ4n) is 1.79. The van der Waals surface area contributed by atoms with Crippen LogP contribution in [0.15, 0.2) is 47.9 Å². The molecule has 1 unspecified atom stereocenters. The molecule has 1 heterocycles. The van der Waals surface area contributed by atoms with E-state index >= 15 is 0 Å². The van der Waals surface area contributed by atoms with E-state index in [4.69, 9.17) is 4.55 Å². The van der Waals surface area contributed by atoms with Crippen molar-refractivity contribution < 1.29 is 17.5 Å². The minimum Gasteiger partial charge on any atom is -0.282 e. The molecule has 1 aromatic carbocycles. The molecule has 1 atom stereocenters. The highest BCUT2D eigenvalue weighted by Crippen LogP contribution is 2.19. The summed E-state index contributed by atoms with van der Waals surface area (Å²) in [4.78, 5) is -0.0866. The van der Waals surface area contributed by atoms with E-state index in [0.717, 1.165) is 5.56 Å². The number of imidazole rings is 1. The normalized spacial score (nSPS) is 13.5. The summed E-state index contributed by atoms with van der Waals surface area (Å²) in [7, 11) is -2.18. The van der Waals surface area contributed by atoms with Crippen molar-refractivity contribution in [2.45, 2.75) is 17.9 Å². The monoisotopic (exact) mass is 267 g/mol. The topological polar surface area (TPSA) is 63.2 Å². The van der Waals surface area contributed by atoms with Gasteiger partial charge in [-0.1, -0.05) is 12.1 Å². The number of benzene rings is 1. The van der Waals surface area contributed by atoms with Crippen molar-refractivity contribution in [3.05, 3.63) is 48.5 Å². The molecule has 0 saturated heterocycles. The van der Waals surface area contributed by atoms with Crippen molar-refractivity contribution in [1.82, 2.24) is 4.57 Å². The predicted octanol–water partition coefficient (Wildman–Crippen LogP) is 1.17. The first kappa shape index (κ1) is 12.8. The van der Waals surface area contributed by atoms with Crippen LogP contribution >= 0.6 is 0 Å². The lowest BCUT2D eigenvalue weighted by atomic mass is 10.1. The van der Waals surface area contributed by atoms with Gasteiger partial charge in [-0.25, -0.2) is 9.13 Å². The largest absolute Gasteiger partial charge is 0.294 e. The molecule has 0 radical (unpaired) electrons. The van der Waals surface area contributed by atoms with Gasteiger partial charge in [-0.3, -0.25) is 4.55 Å². The van der Waals surface area contributed by atoms with Crippen LogP contribution < -0.4 is 4.57 Å². The van der Waals surface area contributed by atoms with Gasteiger partial charge in [0.1, 0.15) is 18.4 Å². The fraction of sp³-hybridized carbons (Fsp3) is 0.250. The lowest BCUT2D eigenvalue weighted by Gasteiger charge is -2.08. The van der Waals surface area contributed by atoms with Gasteiger partial charge in [0.05, 0.1) is 11.9 Å². The average molecular weight is 267 g/mol. The molecule has 2 aromatic rings. The molecule has 6 heteroatoms. The molecular formula is C12H15N2O3S+. The van der Waals surface area contributed by atoms with Gasteiger partial charge in [-0.15, -0.1) is 0 Å². The molecule has 0 bridgehead atoms. The quantitative estimate of drug-likeness (QED) is 0.670. The van der Waals surface area contributed by atoms with Gasteiger partial charge < -0.3 is 0 Å². The van der Waals surface area contributed by atoms with E-state index in [1.807, 2.05) is 41.8 Å². The summed E-state index contributed by atoms with van der Waals surface area (Å²) < 4.78 is 34.7. The third-order valence-electron chi connectivity index (χ3n) is 2.90. The average Bonchev–Trinajstić information content (AvgIpc) is 2.74. The Kier molecular flexibility index (Phi) is 3.23. The Morgan fingerprint density at radius 1 is 1.28 bits per heavy atom. The van der Waals surface area contributed by atoms with E-state index < -0.39 is 10.1 Å².